The molecule has 0 radical (unpaired) electrons. The second-order valence-electron chi connectivity index (χ2n) is 5.70. The summed E-state index contributed by atoms with van der Waals surface area (Å²) in [6, 6.07) is 6.76. The van der Waals surface area contributed by atoms with Crippen LogP contribution in [0, 0.1) is 5.82 Å². The van der Waals surface area contributed by atoms with E-state index in [2.05, 4.69) is 15.6 Å². The lowest BCUT2D eigenvalue weighted by Gasteiger charge is -2.18. The number of likely N-dealkylation sites (tertiary alicyclic amines) is 1. The summed E-state index contributed by atoms with van der Waals surface area (Å²) in [4.78, 5) is 17.8. The smallest absolute Gasteiger partial charge is 0.222 e. The third-order valence-electron chi connectivity index (χ3n) is 4.03. The van der Waals surface area contributed by atoms with Crippen LogP contribution in [-0.4, -0.2) is 49.5 Å². The van der Waals surface area contributed by atoms with Gasteiger partial charge < -0.3 is 15.5 Å². The van der Waals surface area contributed by atoms with Gasteiger partial charge >= 0.3 is 0 Å². The van der Waals surface area contributed by atoms with Gasteiger partial charge in [0, 0.05) is 39.1 Å². The number of aliphatic imine (C=N–C) groups is 1. The Hall–Kier alpha value is -2.11. The molecular weight excluding hydrogens is 295 g/mol. The van der Waals surface area contributed by atoms with Crippen LogP contribution in [0.2, 0.25) is 0 Å². The van der Waals surface area contributed by atoms with Gasteiger partial charge in [-0.05, 0) is 30.5 Å². The SMILES string of the molecule is CCC(=O)N1CCC(NC(=NC)NCCc2ccc(F)cc2)C1. The van der Waals surface area contributed by atoms with Crippen molar-refractivity contribution in [3.8, 4) is 0 Å². The maximum Gasteiger partial charge on any atom is 0.222 e. The summed E-state index contributed by atoms with van der Waals surface area (Å²) in [7, 11) is 1.73. The standard InChI is InChI=1S/C17H25FN4O/c1-3-16(23)22-11-9-15(12-22)21-17(19-2)20-10-8-13-4-6-14(18)7-5-13/h4-7,15H,3,8-12H2,1-2H3,(H2,19,20,21). The van der Waals surface area contributed by atoms with Crippen molar-refractivity contribution in [3.63, 3.8) is 0 Å². The van der Waals surface area contributed by atoms with E-state index in [9.17, 15) is 9.18 Å². The minimum absolute atomic E-state index is 0.202. The molecule has 1 aliphatic heterocycles. The highest BCUT2D eigenvalue weighted by molar-refractivity contribution is 5.80. The van der Waals surface area contributed by atoms with Gasteiger partial charge in [-0.1, -0.05) is 19.1 Å². The molecule has 2 N–H and O–H groups in total. The number of nitrogens with one attached hydrogen (secondary N) is 2. The zero-order valence-corrected chi connectivity index (χ0v) is 13.8. The van der Waals surface area contributed by atoms with Crippen molar-refractivity contribution in [2.75, 3.05) is 26.7 Å². The topological polar surface area (TPSA) is 56.7 Å². The summed E-state index contributed by atoms with van der Waals surface area (Å²) >= 11 is 0. The maximum absolute atomic E-state index is 12.9. The molecule has 126 valence electrons. The van der Waals surface area contributed by atoms with Crippen LogP contribution in [0.4, 0.5) is 4.39 Å². The molecule has 1 unspecified atom stereocenters. The van der Waals surface area contributed by atoms with Gasteiger partial charge in [-0.25, -0.2) is 4.39 Å². The number of guanidine groups is 1. The largest absolute Gasteiger partial charge is 0.356 e. The summed E-state index contributed by atoms with van der Waals surface area (Å²) < 4.78 is 12.9. The zero-order chi connectivity index (χ0) is 16.7. The Morgan fingerprint density at radius 2 is 2.13 bits per heavy atom. The number of hydrogen-bond acceptors (Lipinski definition) is 2. The average Bonchev–Trinajstić information content (AvgIpc) is 3.03. The highest BCUT2D eigenvalue weighted by Gasteiger charge is 2.25. The molecule has 1 amide bonds. The molecule has 1 saturated heterocycles. The Labute approximate surface area is 137 Å². The molecular formula is C17H25FN4O. The number of hydrogen-bond donors (Lipinski definition) is 2. The fourth-order valence-corrected chi connectivity index (χ4v) is 2.69. The van der Waals surface area contributed by atoms with Gasteiger partial charge in [-0.15, -0.1) is 0 Å². The summed E-state index contributed by atoms with van der Waals surface area (Å²) in [6.07, 6.45) is 2.29. The van der Waals surface area contributed by atoms with E-state index in [4.69, 9.17) is 0 Å². The zero-order valence-electron chi connectivity index (χ0n) is 13.8. The minimum Gasteiger partial charge on any atom is -0.356 e. The molecule has 1 atom stereocenters. The highest BCUT2D eigenvalue weighted by atomic mass is 19.1. The number of amides is 1. The quantitative estimate of drug-likeness (QED) is 0.639. The first-order chi connectivity index (χ1) is 11.1. The van der Waals surface area contributed by atoms with E-state index in [-0.39, 0.29) is 17.8 Å². The second kappa shape index (κ2) is 8.50. The van der Waals surface area contributed by atoms with Crippen LogP contribution in [-0.2, 0) is 11.2 Å². The third-order valence-corrected chi connectivity index (χ3v) is 4.03. The fourth-order valence-electron chi connectivity index (χ4n) is 2.69. The van der Waals surface area contributed by atoms with Crippen LogP contribution >= 0.6 is 0 Å². The minimum atomic E-state index is -0.216. The van der Waals surface area contributed by atoms with Crippen LogP contribution in [0.15, 0.2) is 29.3 Å². The number of rotatable bonds is 5. The fraction of sp³-hybridized carbons (Fsp3) is 0.529. The van der Waals surface area contributed by atoms with Crippen molar-refractivity contribution in [1.29, 1.82) is 0 Å². The first-order valence-corrected chi connectivity index (χ1v) is 8.11. The molecule has 0 saturated carbocycles. The molecule has 0 aliphatic carbocycles. The van der Waals surface area contributed by atoms with E-state index in [1.54, 1.807) is 19.2 Å². The first-order valence-electron chi connectivity index (χ1n) is 8.11. The molecule has 0 aromatic heterocycles. The number of carbonyl (C=O) groups is 1. The van der Waals surface area contributed by atoms with Gasteiger partial charge in [0.05, 0.1) is 0 Å². The predicted molar refractivity (Wildman–Crippen MR) is 89.9 cm³/mol. The van der Waals surface area contributed by atoms with Crippen LogP contribution in [0.25, 0.3) is 0 Å². The normalized spacial score (nSPS) is 18.1. The van der Waals surface area contributed by atoms with Crippen molar-refractivity contribution < 1.29 is 9.18 Å². The van der Waals surface area contributed by atoms with E-state index >= 15 is 0 Å². The van der Waals surface area contributed by atoms with Crippen molar-refractivity contribution in [1.82, 2.24) is 15.5 Å². The van der Waals surface area contributed by atoms with Crippen LogP contribution in [0.1, 0.15) is 25.3 Å². The second-order valence-corrected chi connectivity index (χ2v) is 5.70. The van der Waals surface area contributed by atoms with Crippen LogP contribution in [0.5, 0.6) is 0 Å². The Balaban J connectivity index is 1.73. The van der Waals surface area contributed by atoms with Crippen LogP contribution < -0.4 is 10.6 Å². The number of carbonyl (C=O) groups excluding carboxylic acids is 1. The molecule has 0 spiro atoms. The lowest BCUT2D eigenvalue weighted by Crippen LogP contribution is -2.45. The van der Waals surface area contributed by atoms with Crippen molar-refractivity contribution in [2.24, 2.45) is 4.99 Å². The summed E-state index contributed by atoms with van der Waals surface area (Å²) in [5.41, 5.74) is 1.08. The molecule has 1 aliphatic rings. The van der Waals surface area contributed by atoms with Crippen molar-refractivity contribution >= 4 is 11.9 Å². The van der Waals surface area contributed by atoms with E-state index in [0.717, 1.165) is 44.0 Å². The van der Waals surface area contributed by atoms with E-state index in [1.165, 1.54) is 12.1 Å². The van der Waals surface area contributed by atoms with E-state index in [1.807, 2.05) is 11.8 Å². The van der Waals surface area contributed by atoms with Gasteiger partial charge in [0.2, 0.25) is 5.91 Å². The van der Waals surface area contributed by atoms with Gasteiger partial charge in [0.1, 0.15) is 5.82 Å². The predicted octanol–water partition coefficient (Wildman–Crippen LogP) is 1.54. The van der Waals surface area contributed by atoms with Crippen LogP contribution in [0.3, 0.4) is 0 Å². The van der Waals surface area contributed by atoms with Crippen molar-refractivity contribution in [2.45, 2.75) is 32.2 Å². The molecule has 0 bridgehead atoms. The molecule has 5 nitrogen and oxygen atoms in total. The highest BCUT2D eigenvalue weighted by Crippen LogP contribution is 2.10. The number of benzene rings is 1. The third kappa shape index (κ3) is 5.23. The Morgan fingerprint density at radius 3 is 2.78 bits per heavy atom. The monoisotopic (exact) mass is 320 g/mol. The van der Waals surface area contributed by atoms with Gasteiger partial charge in [0.15, 0.2) is 5.96 Å². The molecule has 23 heavy (non-hydrogen) atoms. The molecule has 6 heteroatoms. The summed E-state index contributed by atoms with van der Waals surface area (Å²) in [6.45, 7) is 4.14. The van der Waals surface area contributed by atoms with Gasteiger partial charge in [-0.2, -0.15) is 0 Å². The Kier molecular flexibility index (Phi) is 6.38. The molecule has 2 rings (SSSR count). The molecule has 1 aromatic rings. The van der Waals surface area contributed by atoms with E-state index in [0.29, 0.717) is 6.42 Å². The summed E-state index contributed by atoms with van der Waals surface area (Å²) in [5, 5.41) is 6.61. The summed E-state index contributed by atoms with van der Waals surface area (Å²) in [5.74, 6) is 0.725. The maximum atomic E-state index is 12.9. The van der Waals surface area contributed by atoms with Crippen molar-refractivity contribution in [3.05, 3.63) is 35.6 Å². The van der Waals surface area contributed by atoms with Gasteiger partial charge in [-0.3, -0.25) is 9.79 Å². The molecule has 1 aromatic carbocycles. The molecule has 1 heterocycles. The van der Waals surface area contributed by atoms with E-state index < -0.39 is 0 Å². The Morgan fingerprint density at radius 1 is 1.39 bits per heavy atom. The number of halogens is 1. The lowest BCUT2D eigenvalue weighted by molar-refractivity contribution is -0.129. The number of nitrogens with zero attached hydrogens (tertiary/aromatic N) is 2. The average molecular weight is 320 g/mol. The van der Waals surface area contributed by atoms with Gasteiger partial charge in [0.25, 0.3) is 0 Å². The Bertz CT molecular complexity index is 544. The first kappa shape index (κ1) is 17.2. The molecule has 1 fully saturated rings. The lowest BCUT2D eigenvalue weighted by atomic mass is 10.1.